The molecule has 2 heterocycles. The number of H-pyrrole nitrogens is 1. The Morgan fingerprint density at radius 3 is 1.82 bits per heavy atom. The van der Waals surface area contributed by atoms with E-state index in [1.54, 1.807) is 20.8 Å². The first-order valence-corrected chi connectivity index (χ1v) is 15.8. The molecule has 0 spiro atoms. The molecule has 1 aliphatic rings. The van der Waals surface area contributed by atoms with E-state index < -0.39 is 60.6 Å². The normalized spacial score (nSPS) is 21.1. The summed E-state index contributed by atoms with van der Waals surface area (Å²) < 4.78 is 34.4. The first-order valence-electron chi connectivity index (χ1n) is 15.8. The molecule has 12 heteroatoms. The maximum Gasteiger partial charge on any atom is 0.308 e. The first kappa shape index (κ1) is 35.5. The fourth-order valence-corrected chi connectivity index (χ4v) is 4.97. The third-order valence-corrected chi connectivity index (χ3v) is 7.14. The lowest BCUT2D eigenvalue weighted by Gasteiger charge is -2.44. The highest BCUT2D eigenvalue weighted by Crippen LogP contribution is 2.31. The standard InChI is InChI=1S/C33H45NO11/c1-5-11-25(35)40-20-24-30(42-26(36)12-6-2)31(43-27(37)13-7-3)32(44-28(38)14-8-4)33(41-24)45-29(39)18-17-21-19-34-23-16-10-9-15-22(21)23/h9-10,15-16,19,24,30-34H,5-8,11-14,17-18,20H2,1-4H3/t24-,30-,31+,32-,33-/m1/s1. The van der Waals surface area contributed by atoms with Gasteiger partial charge in [-0.3, -0.25) is 24.0 Å². The van der Waals surface area contributed by atoms with E-state index in [1.165, 1.54) is 0 Å². The summed E-state index contributed by atoms with van der Waals surface area (Å²) in [6.07, 6.45) is -2.56. The Hall–Kier alpha value is -3.93. The molecule has 2 aromatic rings. The van der Waals surface area contributed by atoms with Gasteiger partial charge >= 0.3 is 29.8 Å². The van der Waals surface area contributed by atoms with Crippen LogP contribution in [-0.4, -0.2) is 72.1 Å². The minimum Gasteiger partial charge on any atom is -0.463 e. The summed E-state index contributed by atoms with van der Waals surface area (Å²) in [7, 11) is 0. The number of carbonyl (C=O) groups excluding carboxylic acids is 5. The molecule has 1 fully saturated rings. The van der Waals surface area contributed by atoms with Crippen molar-refractivity contribution in [2.24, 2.45) is 0 Å². The molecule has 1 aromatic carbocycles. The van der Waals surface area contributed by atoms with Gasteiger partial charge in [-0.05, 0) is 43.7 Å². The number of aryl methyl sites for hydroxylation is 1. The Bertz CT molecular complexity index is 1290. The van der Waals surface area contributed by atoms with E-state index in [2.05, 4.69) is 4.98 Å². The van der Waals surface area contributed by atoms with Gasteiger partial charge in [0.05, 0.1) is 0 Å². The van der Waals surface area contributed by atoms with Gasteiger partial charge in [-0.1, -0.05) is 45.9 Å². The van der Waals surface area contributed by atoms with Crippen LogP contribution in [0.4, 0.5) is 0 Å². The molecule has 1 N–H and O–H groups in total. The lowest BCUT2D eigenvalue weighted by atomic mass is 9.97. The zero-order valence-corrected chi connectivity index (χ0v) is 26.5. The lowest BCUT2D eigenvalue weighted by molar-refractivity contribution is -0.301. The van der Waals surface area contributed by atoms with Crippen molar-refractivity contribution >= 4 is 40.7 Å². The van der Waals surface area contributed by atoms with Gasteiger partial charge in [0.15, 0.2) is 12.2 Å². The van der Waals surface area contributed by atoms with E-state index in [0.717, 1.165) is 16.5 Å². The van der Waals surface area contributed by atoms with Crippen LogP contribution in [0.25, 0.3) is 10.9 Å². The van der Waals surface area contributed by atoms with Gasteiger partial charge in [-0.25, -0.2) is 0 Å². The van der Waals surface area contributed by atoms with Gasteiger partial charge < -0.3 is 33.4 Å². The molecular weight excluding hydrogens is 586 g/mol. The summed E-state index contributed by atoms with van der Waals surface area (Å²) >= 11 is 0. The highest BCUT2D eigenvalue weighted by Gasteiger charge is 2.54. The Morgan fingerprint density at radius 2 is 1.20 bits per heavy atom. The Morgan fingerprint density at radius 1 is 0.667 bits per heavy atom. The van der Waals surface area contributed by atoms with E-state index in [9.17, 15) is 24.0 Å². The molecule has 0 saturated carbocycles. The number of rotatable bonds is 17. The molecule has 0 amide bonds. The molecule has 3 rings (SSSR count). The molecule has 1 aromatic heterocycles. The van der Waals surface area contributed by atoms with Crippen molar-refractivity contribution in [1.82, 2.24) is 4.98 Å². The fraction of sp³-hybridized carbons (Fsp3) is 0.606. The van der Waals surface area contributed by atoms with Crippen LogP contribution in [0.15, 0.2) is 30.5 Å². The molecule has 45 heavy (non-hydrogen) atoms. The molecule has 1 saturated heterocycles. The quantitative estimate of drug-likeness (QED) is 0.188. The number of nitrogens with one attached hydrogen (secondary N) is 1. The van der Waals surface area contributed by atoms with E-state index in [1.807, 2.05) is 37.4 Å². The van der Waals surface area contributed by atoms with Gasteiger partial charge in [-0.2, -0.15) is 0 Å². The second-order valence-electron chi connectivity index (χ2n) is 10.9. The van der Waals surface area contributed by atoms with Crippen LogP contribution >= 0.6 is 0 Å². The van der Waals surface area contributed by atoms with Crippen LogP contribution in [-0.2, 0) is 58.8 Å². The monoisotopic (exact) mass is 631 g/mol. The molecule has 0 aliphatic carbocycles. The second kappa shape index (κ2) is 18.1. The molecule has 12 nitrogen and oxygen atoms in total. The first-order chi connectivity index (χ1) is 21.7. The number of aromatic amines is 1. The highest BCUT2D eigenvalue weighted by atomic mass is 16.7. The largest absolute Gasteiger partial charge is 0.463 e. The predicted octanol–water partition coefficient (Wildman–Crippen LogP) is 4.85. The lowest BCUT2D eigenvalue weighted by Crippen LogP contribution is -2.63. The fourth-order valence-electron chi connectivity index (χ4n) is 4.97. The molecule has 0 bridgehead atoms. The predicted molar refractivity (Wildman–Crippen MR) is 162 cm³/mol. The molecule has 248 valence electrons. The number of aromatic nitrogens is 1. The maximum absolute atomic E-state index is 13.2. The van der Waals surface area contributed by atoms with Crippen molar-refractivity contribution < 1.29 is 52.4 Å². The van der Waals surface area contributed by atoms with E-state index in [0.29, 0.717) is 32.1 Å². The van der Waals surface area contributed by atoms with Crippen LogP contribution in [0.3, 0.4) is 0 Å². The summed E-state index contributed by atoms with van der Waals surface area (Å²) in [6, 6.07) is 7.68. The number of ether oxygens (including phenoxy) is 6. The highest BCUT2D eigenvalue weighted by molar-refractivity contribution is 5.83. The molecular formula is C33H45NO11. The maximum atomic E-state index is 13.2. The summed E-state index contributed by atoms with van der Waals surface area (Å²) in [5.74, 6) is -3.07. The molecule has 5 atom stereocenters. The number of carbonyl (C=O) groups is 5. The van der Waals surface area contributed by atoms with Crippen molar-refractivity contribution in [2.75, 3.05) is 6.61 Å². The number of benzene rings is 1. The van der Waals surface area contributed by atoms with Gasteiger partial charge in [0, 0.05) is 49.2 Å². The van der Waals surface area contributed by atoms with E-state index in [4.69, 9.17) is 28.4 Å². The Balaban J connectivity index is 1.92. The SMILES string of the molecule is CCCC(=O)OC[C@H]1O[C@H](OC(=O)CCc2c[nH]c3ccccc23)[C@H](OC(=O)CCC)[C@@H](OC(=O)CCC)[C@@H]1OC(=O)CCC. The van der Waals surface area contributed by atoms with Gasteiger partial charge in [-0.15, -0.1) is 0 Å². The van der Waals surface area contributed by atoms with Crippen molar-refractivity contribution in [3.8, 4) is 0 Å². The zero-order chi connectivity index (χ0) is 32.8. The van der Waals surface area contributed by atoms with Crippen molar-refractivity contribution in [2.45, 2.75) is 123 Å². The van der Waals surface area contributed by atoms with Crippen LogP contribution < -0.4 is 0 Å². The number of hydrogen-bond donors (Lipinski definition) is 1. The number of fused-ring (bicyclic) bond motifs is 1. The average Bonchev–Trinajstić information content (AvgIpc) is 3.41. The number of para-hydroxylation sites is 1. The van der Waals surface area contributed by atoms with Crippen LogP contribution in [0.1, 0.15) is 91.0 Å². The third-order valence-electron chi connectivity index (χ3n) is 7.14. The van der Waals surface area contributed by atoms with Crippen LogP contribution in [0, 0.1) is 0 Å². The number of hydrogen-bond acceptors (Lipinski definition) is 11. The van der Waals surface area contributed by atoms with Crippen molar-refractivity contribution in [3.05, 3.63) is 36.0 Å². The average molecular weight is 632 g/mol. The van der Waals surface area contributed by atoms with Gasteiger partial charge in [0.2, 0.25) is 12.4 Å². The van der Waals surface area contributed by atoms with Crippen molar-refractivity contribution in [3.63, 3.8) is 0 Å². The smallest absolute Gasteiger partial charge is 0.308 e. The van der Waals surface area contributed by atoms with Crippen LogP contribution in [0.2, 0.25) is 0 Å². The molecule has 1 aliphatic heterocycles. The third kappa shape index (κ3) is 10.6. The summed E-state index contributed by atoms with van der Waals surface area (Å²) in [4.78, 5) is 66.9. The molecule has 0 unspecified atom stereocenters. The van der Waals surface area contributed by atoms with E-state index in [-0.39, 0.29) is 38.7 Å². The van der Waals surface area contributed by atoms with Crippen molar-refractivity contribution in [1.29, 1.82) is 0 Å². The van der Waals surface area contributed by atoms with Gasteiger partial charge in [0.25, 0.3) is 0 Å². The Kier molecular flexibility index (Phi) is 14.3. The topological polar surface area (TPSA) is 157 Å². The summed E-state index contributed by atoms with van der Waals surface area (Å²) in [5.41, 5.74) is 1.84. The van der Waals surface area contributed by atoms with E-state index >= 15 is 0 Å². The summed E-state index contributed by atoms with van der Waals surface area (Å²) in [6.45, 7) is 6.80. The zero-order valence-electron chi connectivity index (χ0n) is 26.5. The second-order valence-corrected chi connectivity index (χ2v) is 10.9. The van der Waals surface area contributed by atoms with Crippen LogP contribution in [0.5, 0.6) is 0 Å². The minimum absolute atomic E-state index is 0.0334. The summed E-state index contributed by atoms with van der Waals surface area (Å²) in [5, 5.41) is 0.971. The van der Waals surface area contributed by atoms with Gasteiger partial charge in [0.1, 0.15) is 12.7 Å². The Labute approximate surface area is 263 Å². The molecule has 0 radical (unpaired) electrons. The minimum atomic E-state index is -1.54. The number of esters is 5.